The minimum Gasteiger partial charge on any atom is -0.330 e. The van der Waals surface area contributed by atoms with E-state index in [1.807, 2.05) is 11.3 Å². The summed E-state index contributed by atoms with van der Waals surface area (Å²) in [4.78, 5) is 1.51. The minimum atomic E-state index is 0.352. The van der Waals surface area contributed by atoms with Crippen LogP contribution in [0.5, 0.6) is 0 Å². The average molecular weight is 197 g/mol. The van der Waals surface area contributed by atoms with Crippen molar-refractivity contribution in [2.45, 2.75) is 33.6 Å². The molecule has 0 aliphatic heterocycles. The molecule has 0 spiro atoms. The Bertz CT molecular complexity index is 263. The summed E-state index contributed by atoms with van der Waals surface area (Å²) in [5, 5.41) is 2.17. The van der Waals surface area contributed by atoms with E-state index in [0.29, 0.717) is 5.41 Å². The molecule has 0 aromatic carbocycles. The third-order valence-corrected chi connectivity index (χ3v) is 3.45. The molecule has 1 aromatic rings. The van der Waals surface area contributed by atoms with Crippen molar-refractivity contribution in [3.63, 3.8) is 0 Å². The lowest BCUT2D eigenvalue weighted by Gasteiger charge is -2.23. The molecule has 2 N–H and O–H groups in total. The smallest absolute Gasteiger partial charge is 0.00797 e. The molecule has 1 heterocycles. The first-order valence-electron chi connectivity index (χ1n) is 4.78. The Morgan fingerprint density at radius 2 is 2.15 bits per heavy atom. The highest BCUT2D eigenvalue weighted by Crippen LogP contribution is 2.29. The van der Waals surface area contributed by atoms with Gasteiger partial charge in [-0.1, -0.05) is 13.8 Å². The van der Waals surface area contributed by atoms with Gasteiger partial charge in [0, 0.05) is 4.88 Å². The molecule has 13 heavy (non-hydrogen) atoms. The quantitative estimate of drug-likeness (QED) is 0.789. The maximum absolute atomic E-state index is 5.59. The highest BCUT2D eigenvalue weighted by Gasteiger charge is 2.18. The molecule has 2 heteroatoms. The van der Waals surface area contributed by atoms with E-state index in [9.17, 15) is 0 Å². The van der Waals surface area contributed by atoms with Crippen LogP contribution >= 0.6 is 11.3 Å². The van der Waals surface area contributed by atoms with Gasteiger partial charge in [0.1, 0.15) is 0 Å². The second-order valence-electron chi connectivity index (χ2n) is 4.41. The Labute approximate surface area is 85.0 Å². The monoisotopic (exact) mass is 197 g/mol. The fourth-order valence-corrected chi connectivity index (χ4v) is 2.66. The van der Waals surface area contributed by atoms with E-state index in [2.05, 4.69) is 32.2 Å². The lowest BCUT2D eigenvalue weighted by atomic mass is 9.84. The van der Waals surface area contributed by atoms with Crippen molar-refractivity contribution in [3.05, 3.63) is 21.9 Å². The van der Waals surface area contributed by atoms with E-state index in [0.717, 1.165) is 19.4 Å². The summed E-state index contributed by atoms with van der Waals surface area (Å²) >= 11 is 1.86. The molecule has 0 fully saturated rings. The number of aryl methyl sites for hydroxylation is 1. The largest absolute Gasteiger partial charge is 0.330 e. The fourth-order valence-electron chi connectivity index (χ4n) is 1.50. The van der Waals surface area contributed by atoms with Crippen molar-refractivity contribution < 1.29 is 0 Å². The Morgan fingerprint density at radius 1 is 1.46 bits per heavy atom. The molecule has 0 saturated carbocycles. The zero-order valence-corrected chi connectivity index (χ0v) is 9.58. The van der Waals surface area contributed by atoms with Gasteiger partial charge in [0.15, 0.2) is 0 Å². The predicted molar refractivity (Wildman–Crippen MR) is 60.2 cm³/mol. The number of hydrogen-bond donors (Lipinski definition) is 1. The Morgan fingerprint density at radius 3 is 2.62 bits per heavy atom. The Kier molecular flexibility index (Phi) is 3.51. The first-order valence-corrected chi connectivity index (χ1v) is 5.66. The third kappa shape index (κ3) is 3.12. The molecule has 0 aliphatic carbocycles. The minimum absolute atomic E-state index is 0.352. The van der Waals surface area contributed by atoms with Gasteiger partial charge < -0.3 is 5.73 Å². The molecule has 1 aromatic heterocycles. The molecule has 0 radical (unpaired) electrons. The van der Waals surface area contributed by atoms with Crippen molar-refractivity contribution in [2.75, 3.05) is 6.54 Å². The maximum atomic E-state index is 5.59. The number of rotatable bonds is 4. The number of thiophene rings is 1. The summed E-state index contributed by atoms with van der Waals surface area (Å²) in [5.74, 6) is 0. The van der Waals surface area contributed by atoms with Gasteiger partial charge in [-0.2, -0.15) is 0 Å². The number of nitrogens with two attached hydrogens (primary N) is 1. The van der Waals surface area contributed by atoms with Crippen LogP contribution in [-0.2, 0) is 6.42 Å². The first-order chi connectivity index (χ1) is 6.05. The van der Waals surface area contributed by atoms with Gasteiger partial charge in [-0.25, -0.2) is 0 Å². The van der Waals surface area contributed by atoms with Crippen LogP contribution in [0.4, 0.5) is 0 Å². The lowest BCUT2D eigenvalue weighted by Crippen LogP contribution is -2.19. The summed E-state index contributed by atoms with van der Waals surface area (Å²) in [6, 6.07) is 2.19. The zero-order chi connectivity index (χ0) is 9.90. The van der Waals surface area contributed by atoms with Gasteiger partial charge in [0.2, 0.25) is 0 Å². The summed E-state index contributed by atoms with van der Waals surface area (Å²) < 4.78 is 0. The molecule has 0 atom stereocenters. The van der Waals surface area contributed by atoms with Gasteiger partial charge in [-0.3, -0.25) is 0 Å². The summed E-state index contributed by atoms with van der Waals surface area (Å²) in [6.45, 7) is 7.56. The van der Waals surface area contributed by atoms with Crippen LogP contribution in [0.1, 0.15) is 30.7 Å². The van der Waals surface area contributed by atoms with Crippen LogP contribution in [0.2, 0.25) is 0 Å². The fraction of sp³-hybridized carbons (Fsp3) is 0.636. The van der Waals surface area contributed by atoms with Crippen LogP contribution in [0, 0.1) is 12.3 Å². The standard InChI is InChI=1S/C11H19NS/c1-9-4-7-13-10(9)8-11(2,3)5-6-12/h4,7H,5-6,8,12H2,1-3H3. The van der Waals surface area contributed by atoms with Crippen molar-refractivity contribution in [1.82, 2.24) is 0 Å². The van der Waals surface area contributed by atoms with E-state index >= 15 is 0 Å². The molecule has 1 nitrogen and oxygen atoms in total. The van der Waals surface area contributed by atoms with E-state index in [1.54, 1.807) is 0 Å². The highest BCUT2D eigenvalue weighted by atomic mass is 32.1. The molecule has 0 saturated heterocycles. The molecule has 0 bridgehead atoms. The normalized spacial score (nSPS) is 12.0. The molecular formula is C11H19NS. The van der Waals surface area contributed by atoms with Crippen molar-refractivity contribution in [3.8, 4) is 0 Å². The van der Waals surface area contributed by atoms with Gasteiger partial charge >= 0.3 is 0 Å². The summed E-state index contributed by atoms with van der Waals surface area (Å²) in [5.41, 5.74) is 7.36. The van der Waals surface area contributed by atoms with Crippen molar-refractivity contribution in [1.29, 1.82) is 0 Å². The molecule has 74 valence electrons. The highest BCUT2D eigenvalue weighted by molar-refractivity contribution is 7.10. The van der Waals surface area contributed by atoms with Crippen molar-refractivity contribution in [2.24, 2.45) is 11.1 Å². The van der Waals surface area contributed by atoms with Crippen LogP contribution in [-0.4, -0.2) is 6.54 Å². The van der Waals surface area contributed by atoms with Crippen LogP contribution in [0.15, 0.2) is 11.4 Å². The second-order valence-corrected chi connectivity index (χ2v) is 5.41. The molecule has 0 aliphatic rings. The molecule has 0 unspecified atom stereocenters. The van der Waals surface area contributed by atoms with E-state index in [4.69, 9.17) is 5.73 Å². The second kappa shape index (κ2) is 4.25. The van der Waals surface area contributed by atoms with E-state index < -0.39 is 0 Å². The SMILES string of the molecule is Cc1ccsc1CC(C)(C)CCN. The topological polar surface area (TPSA) is 26.0 Å². The maximum Gasteiger partial charge on any atom is 0.00797 e. The Hall–Kier alpha value is -0.340. The number of hydrogen-bond acceptors (Lipinski definition) is 2. The molecular weight excluding hydrogens is 178 g/mol. The zero-order valence-electron chi connectivity index (χ0n) is 8.76. The van der Waals surface area contributed by atoms with Crippen LogP contribution in [0.3, 0.4) is 0 Å². The van der Waals surface area contributed by atoms with E-state index in [-0.39, 0.29) is 0 Å². The molecule has 0 amide bonds. The van der Waals surface area contributed by atoms with Crippen LogP contribution in [0.25, 0.3) is 0 Å². The predicted octanol–water partition coefficient (Wildman–Crippen LogP) is 2.97. The van der Waals surface area contributed by atoms with Crippen LogP contribution < -0.4 is 5.73 Å². The molecule has 1 rings (SSSR count). The average Bonchev–Trinajstić information content (AvgIpc) is 2.35. The lowest BCUT2D eigenvalue weighted by molar-refractivity contribution is 0.341. The van der Waals surface area contributed by atoms with E-state index in [1.165, 1.54) is 10.4 Å². The Balaban J connectivity index is 2.63. The van der Waals surface area contributed by atoms with Gasteiger partial charge in [0.05, 0.1) is 0 Å². The van der Waals surface area contributed by atoms with Gasteiger partial charge in [-0.15, -0.1) is 11.3 Å². The van der Waals surface area contributed by atoms with Gasteiger partial charge in [0.25, 0.3) is 0 Å². The van der Waals surface area contributed by atoms with Gasteiger partial charge in [-0.05, 0) is 48.7 Å². The summed E-state index contributed by atoms with van der Waals surface area (Å²) in [6.07, 6.45) is 2.26. The third-order valence-electron chi connectivity index (χ3n) is 2.43. The summed E-state index contributed by atoms with van der Waals surface area (Å²) in [7, 11) is 0. The van der Waals surface area contributed by atoms with Crippen molar-refractivity contribution >= 4 is 11.3 Å². The first kappa shape index (κ1) is 10.7.